The lowest BCUT2D eigenvalue weighted by Gasteiger charge is -2.09. The Balaban J connectivity index is 2.04. The lowest BCUT2D eigenvalue weighted by Crippen LogP contribution is -2.17. The highest BCUT2D eigenvalue weighted by Crippen LogP contribution is 2.23. The Morgan fingerprint density at radius 2 is 1.64 bits per heavy atom. The van der Waals surface area contributed by atoms with Gasteiger partial charge >= 0.3 is 6.36 Å². The van der Waals surface area contributed by atoms with Gasteiger partial charge in [0, 0.05) is 11.3 Å². The number of nitriles is 1. The molecule has 0 unspecified atom stereocenters. The number of nitrogens with one attached hydrogen (secondary N) is 1. The van der Waals surface area contributed by atoms with Gasteiger partial charge in [0.15, 0.2) is 0 Å². The molecule has 112 valence electrons. The second-order valence-electron chi connectivity index (χ2n) is 4.22. The van der Waals surface area contributed by atoms with Crippen molar-refractivity contribution in [2.24, 2.45) is 0 Å². The fourth-order valence-electron chi connectivity index (χ4n) is 1.64. The van der Waals surface area contributed by atoms with Gasteiger partial charge in [0.1, 0.15) is 5.75 Å². The summed E-state index contributed by atoms with van der Waals surface area (Å²) in [6.07, 6.45) is -4.77. The number of benzene rings is 2. The van der Waals surface area contributed by atoms with Crippen molar-refractivity contribution in [1.29, 1.82) is 5.26 Å². The first-order valence-corrected chi connectivity index (χ1v) is 6.05. The maximum absolute atomic E-state index is 12.0. The SMILES string of the molecule is N#Cc1ccc(NC(=O)c2ccc(OC(F)(F)F)cc2)cc1. The molecule has 1 N–H and O–H groups in total. The smallest absolute Gasteiger partial charge is 0.406 e. The number of alkyl halides is 3. The Morgan fingerprint density at radius 1 is 1.05 bits per heavy atom. The summed E-state index contributed by atoms with van der Waals surface area (Å²) in [6, 6.07) is 12.7. The van der Waals surface area contributed by atoms with E-state index in [1.54, 1.807) is 12.1 Å². The molecule has 0 saturated heterocycles. The van der Waals surface area contributed by atoms with Gasteiger partial charge in [0.05, 0.1) is 11.6 Å². The van der Waals surface area contributed by atoms with Crippen molar-refractivity contribution in [3.8, 4) is 11.8 Å². The van der Waals surface area contributed by atoms with Crippen molar-refractivity contribution in [2.75, 3.05) is 5.32 Å². The molecule has 0 spiro atoms. The average Bonchev–Trinajstić information content (AvgIpc) is 2.47. The van der Waals surface area contributed by atoms with Gasteiger partial charge in [0.25, 0.3) is 5.91 Å². The highest BCUT2D eigenvalue weighted by molar-refractivity contribution is 6.04. The second kappa shape index (κ2) is 6.18. The number of hydrogen-bond donors (Lipinski definition) is 1. The zero-order valence-electron chi connectivity index (χ0n) is 11.0. The van der Waals surface area contributed by atoms with Crippen LogP contribution in [0, 0.1) is 11.3 Å². The van der Waals surface area contributed by atoms with E-state index >= 15 is 0 Å². The molecular weight excluding hydrogens is 297 g/mol. The summed E-state index contributed by atoms with van der Waals surface area (Å²) < 4.78 is 39.8. The minimum Gasteiger partial charge on any atom is -0.406 e. The van der Waals surface area contributed by atoms with E-state index in [2.05, 4.69) is 10.1 Å². The van der Waals surface area contributed by atoms with Crippen LogP contribution in [-0.4, -0.2) is 12.3 Å². The first-order chi connectivity index (χ1) is 10.4. The first-order valence-electron chi connectivity index (χ1n) is 6.05. The third-order valence-corrected chi connectivity index (χ3v) is 2.62. The van der Waals surface area contributed by atoms with Crippen molar-refractivity contribution in [3.63, 3.8) is 0 Å². The summed E-state index contributed by atoms with van der Waals surface area (Å²) in [4.78, 5) is 11.9. The molecule has 1 amide bonds. The van der Waals surface area contributed by atoms with E-state index in [-0.39, 0.29) is 5.56 Å². The molecule has 0 aliphatic heterocycles. The first kappa shape index (κ1) is 15.4. The minimum absolute atomic E-state index is 0.180. The van der Waals surface area contributed by atoms with Gasteiger partial charge in [-0.2, -0.15) is 5.26 Å². The Kier molecular flexibility index (Phi) is 4.32. The molecule has 0 aromatic heterocycles. The van der Waals surface area contributed by atoms with E-state index in [0.29, 0.717) is 11.3 Å². The predicted octanol–water partition coefficient (Wildman–Crippen LogP) is 3.71. The van der Waals surface area contributed by atoms with E-state index in [4.69, 9.17) is 5.26 Å². The van der Waals surface area contributed by atoms with Crippen LogP contribution < -0.4 is 10.1 Å². The highest BCUT2D eigenvalue weighted by Gasteiger charge is 2.31. The zero-order chi connectivity index (χ0) is 16.2. The Labute approximate surface area is 123 Å². The molecule has 7 heteroatoms. The molecule has 0 bridgehead atoms. The van der Waals surface area contributed by atoms with Crippen molar-refractivity contribution in [1.82, 2.24) is 0 Å². The number of anilines is 1. The molecule has 2 aromatic carbocycles. The second-order valence-corrected chi connectivity index (χ2v) is 4.22. The van der Waals surface area contributed by atoms with Crippen LogP contribution in [0.25, 0.3) is 0 Å². The van der Waals surface area contributed by atoms with Gasteiger partial charge in [-0.25, -0.2) is 0 Å². The summed E-state index contributed by atoms with van der Waals surface area (Å²) in [7, 11) is 0. The lowest BCUT2D eigenvalue weighted by molar-refractivity contribution is -0.274. The van der Waals surface area contributed by atoms with E-state index in [1.165, 1.54) is 24.3 Å². The van der Waals surface area contributed by atoms with Crippen LogP contribution in [0.2, 0.25) is 0 Å². The fraction of sp³-hybridized carbons (Fsp3) is 0.0667. The van der Waals surface area contributed by atoms with Crippen LogP contribution in [0.15, 0.2) is 48.5 Å². The summed E-state index contributed by atoms with van der Waals surface area (Å²) in [5.74, 6) is -0.884. The van der Waals surface area contributed by atoms with Crippen molar-refractivity contribution >= 4 is 11.6 Å². The largest absolute Gasteiger partial charge is 0.573 e. The van der Waals surface area contributed by atoms with Gasteiger partial charge in [-0.05, 0) is 48.5 Å². The third kappa shape index (κ3) is 4.24. The van der Waals surface area contributed by atoms with Gasteiger partial charge < -0.3 is 10.1 Å². The maximum atomic E-state index is 12.0. The maximum Gasteiger partial charge on any atom is 0.573 e. The van der Waals surface area contributed by atoms with Crippen molar-refractivity contribution in [3.05, 3.63) is 59.7 Å². The molecule has 22 heavy (non-hydrogen) atoms. The number of carbonyl (C=O) groups is 1. The molecule has 0 heterocycles. The highest BCUT2D eigenvalue weighted by atomic mass is 19.4. The summed E-state index contributed by atoms with van der Waals surface area (Å²) in [6.45, 7) is 0. The van der Waals surface area contributed by atoms with Crippen LogP contribution in [-0.2, 0) is 0 Å². The normalized spacial score (nSPS) is 10.6. The van der Waals surface area contributed by atoms with Crippen LogP contribution in [0.1, 0.15) is 15.9 Å². The molecule has 0 fully saturated rings. The number of carbonyl (C=O) groups excluding carboxylic acids is 1. The molecule has 0 aliphatic carbocycles. The number of amides is 1. The number of halogens is 3. The minimum atomic E-state index is -4.77. The van der Waals surface area contributed by atoms with Gasteiger partial charge in [-0.15, -0.1) is 13.2 Å². The summed E-state index contributed by atoms with van der Waals surface area (Å²) in [5.41, 5.74) is 1.10. The van der Waals surface area contributed by atoms with Crippen LogP contribution in [0.4, 0.5) is 18.9 Å². The molecule has 0 radical (unpaired) electrons. The number of nitrogens with zero attached hydrogens (tertiary/aromatic N) is 1. The predicted molar refractivity (Wildman–Crippen MR) is 72.2 cm³/mol. The van der Waals surface area contributed by atoms with Crippen molar-refractivity contribution in [2.45, 2.75) is 6.36 Å². The summed E-state index contributed by atoms with van der Waals surface area (Å²) >= 11 is 0. The van der Waals surface area contributed by atoms with E-state index in [0.717, 1.165) is 12.1 Å². The molecule has 2 rings (SSSR count). The Bertz CT molecular complexity index is 702. The molecule has 0 atom stereocenters. The van der Waals surface area contributed by atoms with E-state index in [9.17, 15) is 18.0 Å². The Morgan fingerprint density at radius 3 is 2.14 bits per heavy atom. The zero-order valence-corrected chi connectivity index (χ0v) is 11.0. The third-order valence-electron chi connectivity index (χ3n) is 2.62. The standard InChI is InChI=1S/C15H9F3N2O2/c16-15(17,18)22-13-7-3-11(4-8-13)14(21)20-12-5-1-10(9-19)2-6-12/h1-8H,(H,20,21). The molecule has 4 nitrogen and oxygen atoms in total. The number of hydrogen-bond acceptors (Lipinski definition) is 3. The molecule has 0 saturated carbocycles. The fourth-order valence-corrected chi connectivity index (χ4v) is 1.64. The molecule has 0 aliphatic rings. The van der Waals surface area contributed by atoms with Crippen LogP contribution in [0.3, 0.4) is 0 Å². The Hall–Kier alpha value is -3.01. The number of rotatable bonds is 3. The quantitative estimate of drug-likeness (QED) is 0.940. The topological polar surface area (TPSA) is 62.1 Å². The van der Waals surface area contributed by atoms with E-state index in [1.807, 2.05) is 6.07 Å². The van der Waals surface area contributed by atoms with Crippen LogP contribution in [0.5, 0.6) is 5.75 Å². The number of ether oxygens (including phenoxy) is 1. The van der Waals surface area contributed by atoms with Crippen LogP contribution >= 0.6 is 0 Å². The molecule has 2 aromatic rings. The van der Waals surface area contributed by atoms with Gasteiger partial charge in [-0.1, -0.05) is 0 Å². The van der Waals surface area contributed by atoms with Gasteiger partial charge in [0.2, 0.25) is 0 Å². The van der Waals surface area contributed by atoms with Crippen molar-refractivity contribution < 1.29 is 22.7 Å². The average molecular weight is 306 g/mol. The lowest BCUT2D eigenvalue weighted by atomic mass is 10.2. The molecular formula is C15H9F3N2O2. The monoisotopic (exact) mass is 306 g/mol. The van der Waals surface area contributed by atoms with E-state index < -0.39 is 18.0 Å². The van der Waals surface area contributed by atoms with Gasteiger partial charge in [-0.3, -0.25) is 4.79 Å². The summed E-state index contributed by atoms with van der Waals surface area (Å²) in [5, 5.41) is 11.2.